The van der Waals surface area contributed by atoms with Crippen LogP contribution in [0.25, 0.3) is 10.9 Å². The lowest BCUT2D eigenvalue weighted by atomic mass is 9.73. The van der Waals surface area contributed by atoms with E-state index in [4.69, 9.17) is 11.6 Å². The first-order valence-electron chi connectivity index (χ1n) is 11.1. The average molecular weight is 423 g/mol. The van der Waals surface area contributed by atoms with Crippen LogP contribution < -0.4 is 0 Å². The Morgan fingerprint density at radius 3 is 2.73 bits per heavy atom. The van der Waals surface area contributed by atoms with Crippen LogP contribution in [0.15, 0.2) is 42.5 Å². The molecule has 1 saturated heterocycles. The van der Waals surface area contributed by atoms with Crippen molar-refractivity contribution in [1.82, 2.24) is 9.88 Å². The first-order valence-corrected chi connectivity index (χ1v) is 11.5. The van der Waals surface area contributed by atoms with Crippen LogP contribution in [0.2, 0.25) is 5.02 Å². The Morgan fingerprint density at radius 1 is 1.10 bits per heavy atom. The van der Waals surface area contributed by atoms with Gasteiger partial charge in [0.2, 0.25) is 0 Å². The van der Waals surface area contributed by atoms with Crippen LogP contribution in [-0.4, -0.2) is 39.3 Å². The molecular formula is C25H27ClN2O2. The van der Waals surface area contributed by atoms with Crippen LogP contribution >= 0.6 is 11.6 Å². The molecule has 2 aliphatic carbocycles. The highest BCUT2D eigenvalue weighted by molar-refractivity contribution is 6.35. The molecule has 0 radical (unpaired) electrons. The minimum Gasteiger partial charge on any atom is -0.508 e. The summed E-state index contributed by atoms with van der Waals surface area (Å²) in [6, 6.07) is 13.9. The van der Waals surface area contributed by atoms with Gasteiger partial charge < -0.3 is 15.2 Å². The lowest BCUT2D eigenvalue weighted by molar-refractivity contribution is 0.0583. The zero-order chi connectivity index (χ0) is 20.4. The monoisotopic (exact) mass is 422 g/mol. The van der Waals surface area contributed by atoms with E-state index in [0.717, 1.165) is 48.5 Å². The number of nitrogens with zero attached hydrogens (tertiary/aromatic N) is 1. The van der Waals surface area contributed by atoms with Crippen molar-refractivity contribution in [2.24, 2.45) is 17.8 Å². The molecule has 3 N–H and O–H groups in total. The van der Waals surface area contributed by atoms with Crippen molar-refractivity contribution in [3.8, 4) is 5.75 Å². The van der Waals surface area contributed by atoms with Crippen molar-refractivity contribution in [2.75, 3.05) is 13.1 Å². The quantitative estimate of drug-likeness (QED) is 0.574. The molecule has 5 unspecified atom stereocenters. The summed E-state index contributed by atoms with van der Waals surface area (Å²) in [5.74, 6) is 1.86. The van der Waals surface area contributed by atoms with Crippen LogP contribution in [0.5, 0.6) is 5.75 Å². The molecule has 2 heterocycles. The summed E-state index contributed by atoms with van der Waals surface area (Å²) in [6.07, 6.45) is 3.96. The highest BCUT2D eigenvalue weighted by Gasteiger charge is 2.47. The molecular weight excluding hydrogens is 396 g/mol. The number of aromatic amines is 1. The number of H-pyrrole nitrogens is 1. The third-order valence-corrected chi connectivity index (χ3v) is 7.95. The Balaban J connectivity index is 1.31. The number of hydrogen-bond donors (Lipinski definition) is 3. The van der Waals surface area contributed by atoms with Crippen molar-refractivity contribution < 1.29 is 10.2 Å². The molecule has 5 heteroatoms. The maximum atomic E-state index is 10.2. The fourth-order valence-electron chi connectivity index (χ4n) is 6.09. The van der Waals surface area contributed by atoms with Crippen molar-refractivity contribution in [3.05, 3.63) is 64.3 Å². The third-order valence-electron chi connectivity index (χ3n) is 7.64. The van der Waals surface area contributed by atoms with Gasteiger partial charge in [-0.05, 0) is 79.5 Å². The number of aromatic hydroxyl groups is 1. The predicted octanol–water partition coefficient (Wildman–Crippen LogP) is 4.69. The first-order chi connectivity index (χ1) is 14.6. The van der Waals surface area contributed by atoms with Crippen molar-refractivity contribution in [1.29, 1.82) is 0 Å². The molecule has 3 aromatic rings. The summed E-state index contributed by atoms with van der Waals surface area (Å²) in [7, 11) is 0. The number of likely N-dealkylation sites (tertiary alicyclic amines) is 1. The van der Waals surface area contributed by atoms with Crippen molar-refractivity contribution in [3.63, 3.8) is 0 Å². The lowest BCUT2D eigenvalue weighted by Crippen LogP contribution is -2.46. The Kier molecular flexibility index (Phi) is 4.38. The smallest absolute Gasteiger partial charge is 0.115 e. The molecule has 156 valence electrons. The van der Waals surface area contributed by atoms with Gasteiger partial charge in [0, 0.05) is 35.1 Å². The number of aliphatic hydroxyl groups excluding tert-OH is 1. The SMILES string of the molecule is Oc1cccc(C(C2CC2O)N2CCC3Cc4[nH]c5cccc(Cl)c5c4CC3C2)c1. The molecule has 3 aliphatic rings. The second-order valence-electron chi connectivity index (χ2n) is 9.46. The predicted molar refractivity (Wildman–Crippen MR) is 119 cm³/mol. The summed E-state index contributed by atoms with van der Waals surface area (Å²) < 4.78 is 0. The number of nitrogens with one attached hydrogen (secondary N) is 1. The largest absolute Gasteiger partial charge is 0.508 e. The summed E-state index contributed by atoms with van der Waals surface area (Å²) in [5.41, 5.74) is 5.05. The zero-order valence-electron chi connectivity index (χ0n) is 16.9. The Labute approximate surface area is 181 Å². The van der Waals surface area contributed by atoms with Crippen LogP contribution in [0.3, 0.4) is 0 Å². The highest BCUT2D eigenvalue weighted by Crippen LogP contribution is 2.48. The number of rotatable bonds is 3. The number of phenolic OH excluding ortho intramolecular Hbond substituents is 1. The normalized spacial score (nSPS) is 29.4. The van der Waals surface area contributed by atoms with Gasteiger partial charge in [-0.1, -0.05) is 29.8 Å². The molecule has 0 spiro atoms. The van der Waals surface area contributed by atoms with Crippen molar-refractivity contribution >= 4 is 22.5 Å². The second kappa shape index (κ2) is 7.01. The van der Waals surface area contributed by atoms with Crippen LogP contribution in [0.4, 0.5) is 0 Å². The number of aliphatic hydroxyl groups is 1. The summed E-state index contributed by atoms with van der Waals surface area (Å²) in [6.45, 7) is 2.08. The first kappa shape index (κ1) is 18.7. The molecule has 5 atom stereocenters. The fourth-order valence-corrected chi connectivity index (χ4v) is 6.38. The Morgan fingerprint density at radius 2 is 1.93 bits per heavy atom. The summed E-state index contributed by atoms with van der Waals surface area (Å²) >= 11 is 6.57. The lowest BCUT2D eigenvalue weighted by Gasteiger charge is -2.44. The Hall–Kier alpha value is -2.01. The van der Waals surface area contributed by atoms with Crippen LogP contribution in [0, 0.1) is 17.8 Å². The molecule has 30 heavy (non-hydrogen) atoms. The molecule has 1 saturated carbocycles. The molecule has 4 nitrogen and oxygen atoms in total. The van der Waals surface area contributed by atoms with Gasteiger partial charge >= 0.3 is 0 Å². The molecule has 2 fully saturated rings. The second-order valence-corrected chi connectivity index (χ2v) is 9.87. The highest BCUT2D eigenvalue weighted by atomic mass is 35.5. The standard InChI is InChI=1S/C25H27ClN2O2/c26-20-5-2-6-21-24(20)18-10-16-13-28(8-7-14(16)11-22(18)27-21)25(19-12-23(19)30)15-3-1-4-17(29)9-15/h1-6,9,14,16,19,23,25,27,29-30H,7-8,10-13H2. The molecule has 6 rings (SSSR count). The number of hydrogen-bond acceptors (Lipinski definition) is 3. The van der Waals surface area contributed by atoms with E-state index in [1.54, 1.807) is 6.07 Å². The number of benzene rings is 2. The number of piperidine rings is 1. The number of fused-ring (bicyclic) bond motifs is 4. The molecule has 0 bridgehead atoms. The van der Waals surface area contributed by atoms with Gasteiger partial charge in [0.1, 0.15) is 5.75 Å². The van der Waals surface area contributed by atoms with Gasteiger partial charge in [-0.25, -0.2) is 0 Å². The minimum atomic E-state index is -0.222. The van der Waals surface area contributed by atoms with Gasteiger partial charge in [-0.2, -0.15) is 0 Å². The summed E-state index contributed by atoms with van der Waals surface area (Å²) in [4.78, 5) is 6.20. The van der Waals surface area contributed by atoms with E-state index in [-0.39, 0.29) is 18.1 Å². The molecule has 0 amide bonds. The number of halogens is 1. The topological polar surface area (TPSA) is 59.5 Å². The van der Waals surface area contributed by atoms with Crippen LogP contribution in [0.1, 0.15) is 35.7 Å². The van der Waals surface area contributed by atoms with E-state index >= 15 is 0 Å². The Bertz CT molecular complexity index is 1110. The van der Waals surface area contributed by atoms with E-state index in [2.05, 4.69) is 22.0 Å². The minimum absolute atomic E-state index is 0.181. The molecule has 2 aromatic carbocycles. The van der Waals surface area contributed by atoms with Gasteiger partial charge in [-0.3, -0.25) is 4.90 Å². The molecule has 1 aliphatic heterocycles. The van der Waals surface area contributed by atoms with Crippen LogP contribution in [-0.2, 0) is 12.8 Å². The number of phenols is 1. The van der Waals surface area contributed by atoms with E-state index in [1.807, 2.05) is 24.3 Å². The third kappa shape index (κ3) is 3.05. The van der Waals surface area contributed by atoms with E-state index < -0.39 is 0 Å². The van der Waals surface area contributed by atoms with Gasteiger partial charge in [0.05, 0.1) is 11.1 Å². The van der Waals surface area contributed by atoms with E-state index in [9.17, 15) is 10.2 Å². The maximum absolute atomic E-state index is 10.2. The van der Waals surface area contributed by atoms with E-state index in [0.29, 0.717) is 17.6 Å². The van der Waals surface area contributed by atoms with Crippen molar-refractivity contribution in [2.45, 2.75) is 37.8 Å². The fraction of sp³-hybridized carbons (Fsp3) is 0.440. The van der Waals surface area contributed by atoms with Gasteiger partial charge in [0.15, 0.2) is 0 Å². The summed E-state index contributed by atoms with van der Waals surface area (Å²) in [5, 5.41) is 22.3. The average Bonchev–Trinajstić information content (AvgIpc) is 3.31. The van der Waals surface area contributed by atoms with Gasteiger partial charge in [-0.15, -0.1) is 0 Å². The maximum Gasteiger partial charge on any atom is 0.115 e. The van der Waals surface area contributed by atoms with Gasteiger partial charge in [0.25, 0.3) is 0 Å². The van der Waals surface area contributed by atoms with E-state index in [1.165, 1.54) is 23.1 Å². The zero-order valence-corrected chi connectivity index (χ0v) is 17.6. The number of aromatic nitrogens is 1. The molecule has 1 aromatic heterocycles.